The number of carbonyl (C=O) groups excluding carboxylic acids is 1. The molecule has 6 rings (SSSR count). The van der Waals surface area contributed by atoms with Crippen molar-refractivity contribution in [3.05, 3.63) is 77.2 Å². The predicted octanol–water partition coefficient (Wildman–Crippen LogP) is 11.5. The summed E-state index contributed by atoms with van der Waals surface area (Å²) in [6, 6.07) is 16.6. The molecule has 0 fully saturated rings. The third-order valence-corrected chi connectivity index (χ3v) is 10.5. The van der Waals surface area contributed by atoms with Crippen molar-refractivity contribution < 1.29 is 34.7 Å². The molecule has 3 aromatic carbocycles. The zero-order chi connectivity index (χ0) is 32.7. The fourth-order valence-corrected chi connectivity index (χ4v) is 7.29. The number of hydrogen-bond donors (Lipinski definition) is 1. The van der Waals surface area contributed by atoms with Crippen LogP contribution in [-0.2, 0) is 35.7 Å². The maximum absolute atomic E-state index is 11.7. The van der Waals surface area contributed by atoms with Crippen LogP contribution in [0.1, 0.15) is 111 Å². The fourth-order valence-electron chi connectivity index (χ4n) is 7.29. The molecule has 46 heavy (non-hydrogen) atoms. The Kier molecular flexibility index (Phi) is 10.9. The predicted molar refractivity (Wildman–Crippen MR) is 187 cm³/mol. The van der Waals surface area contributed by atoms with Gasteiger partial charge in [0.25, 0.3) is 0 Å². The van der Waals surface area contributed by atoms with Gasteiger partial charge in [0.2, 0.25) is 0 Å². The van der Waals surface area contributed by atoms with E-state index in [9.17, 15) is 9.90 Å². The van der Waals surface area contributed by atoms with Gasteiger partial charge in [0.1, 0.15) is 5.75 Å². The van der Waals surface area contributed by atoms with E-state index in [1.54, 1.807) is 0 Å². The molecule has 0 unspecified atom stereocenters. The molecular weight excluding hydrogens is 747 g/mol. The third-order valence-electron chi connectivity index (χ3n) is 10.5. The first-order valence-electron chi connectivity index (χ1n) is 16.9. The number of carbonyl (C=O) groups is 1. The van der Waals surface area contributed by atoms with Gasteiger partial charge < -0.3 is 9.84 Å². The topological polar surface area (TPSA) is 59.4 Å². The summed E-state index contributed by atoms with van der Waals surface area (Å²) >= 11 is 0. The van der Waals surface area contributed by atoms with Crippen molar-refractivity contribution in [3.63, 3.8) is 0 Å². The monoisotopic (exact) mass is 797 g/mol. The average molecular weight is 797 g/mol. The van der Waals surface area contributed by atoms with Gasteiger partial charge >= 0.3 is 0 Å². The molecule has 4 aromatic rings. The quantitative estimate of drug-likeness (QED) is 0.101. The molecule has 1 radical (unpaired) electrons. The summed E-state index contributed by atoms with van der Waals surface area (Å²) in [7, 11) is 0. The van der Waals surface area contributed by atoms with Crippen molar-refractivity contribution in [2.75, 3.05) is 0 Å². The molecule has 0 atom stereocenters. The standard InChI is InChI=1S/C28H26NO.C13H24O2.Ir/c1-16-19-9-7-6-8-17(19)14-20-24-22-18(10-13-29-24)15-21-23(26(22)30-25(16)20)28(4,5)12-11-27(21,2)3;1-5-10(6-2)12(14)9-13(15)11(7-3)8-4;/h6-10,13,15H,11-12H2,1-5H3;9-11,14H,5-8H2,1-4H3;/q-1;;/b;12-9-;. The molecule has 0 spiro atoms. The summed E-state index contributed by atoms with van der Waals surface area (Å²) in [6.07, 6.45) is 9.18. The first-order valence-corrected chi connectivity index (χ1v) is 16.9. The Labute approximate surface area is 289 Å². The Balaban J connectivity index is 0.000000259. The number of nitrogens with zero attached hydrogens (tertiary/aromatic N) is 1. The largest absolute Gasteiger partial charge is 0.512 e. The van der Waals surface area contributed by atoms with Crippen molar-refractivity contribution >= 4 is 27.3 Å². The van der Waals surface area contributed by atoms with Crippen molar-refractivity contribution in [2.45, 2.75) is 112 Å². The van der Waals surface area contributed by atoms with E-state index in [-0.39, 0.29) is 54.3 Å². The number of aliphatic hydroxyl groups excluding tert-OH is 1. The Hall–Kier alpha value is -3.01. The van der Waals surface area contributed by atoms with Gasteiger partial charge in [0, 0.05) is 60.9 Å². The molecule has 0 bridgehead atoms. The molecule has 247 valence electrons. The fraction of sp³-hybridized carbons (Fsp3) is 0.463. The van der Waals surface area contributed by atoms with Gasteiger partial charge in [-0.05, 0) is 73.3 Å². The number of benzene rings is 3. The normalized spacial score (nSPS) is 15.8. The Bertz CT molecular complexity index is 1780. The third kappa shape index (κ3) is 6.43. The first-order chi connectivity index (χ1) is 21.4. The molecule has 4 nitrogen and oxygen atoms in total. The van der Waals surface area contributed by atoms with E-state index in [0.717, 1.165) is 71.2 Å². The van der Waals surface area contributed by atoms with Gasteiger partial charge in [0.05, 0.1) is 11.5 Å². The smallest absolute Gasteiger partial charge is 0.162 e. The van der Waals surface area contributed by atoms with E-state index in [1.165, 1.54) is 34.4 Å². The number of rotatable bonds is 7. The second-order valence-corrected chi connectivity index (χ2v) is 14.3. The number of fused-ring (bicyclic) bond motifs is 5. The molecule has 1 aliphatic carbocycles. The summed E-state index contributed by atoms with van der Waals surface area (Å²) in [5, 5.41) is 14.4. The van der Waals surface area contributed by atoms with Gasteiger partial charge in [-0.3, -0.25) is 9.78 Å². The van der Waals surface area contributed by atoms with Crippen molar-refractivity contribution in [1.82, 2.24) is 4.98 Å². The summed E-state index contributed by atoms with van der Waals surface area (Å²) in [4.78, 5) is 16.6. The molecule has 0 saturated carbocycles. The number of ether oxygens (including phenoxy) is 1. The molecule has 1 aromatic heterocycles. The van der Waals surface area contributed by atoms with E-state index in [1.807, 2.05) is 33.9 Å². The van der Waals surface area contributed by atoms with Crippen LogP contribution >= 0.6 is 0 Å². The van der Waals surface area contributed by atoms with E-state index in [2.05, 4.69) is 77.1 Å². The van der Waals surface area contributed by atoms with E-state index < -0.39 is 0 Å². The molecular formula is C41H50IrNO3-. The van der Waals surface area contributed by atoms with Gasteiger partial charge in [-0.1, -0.05) is 96.2 Å². The van der Waals surface area contributed by atoms with Crippen LogP contribution < -0.4 is 4.74 Å². The SMILES string of the molecule is CCC(CC)C(=O)/C=C(\O)C(CC)CC.Cc1c2c([c-]c3ccccc13)-c1nccc3cc4c(c(c13)O2)C(C)(C)CCC4(C)C.[Ir]. The van der Waals surface area contributed by atoms with Gasteiger partial charge in [0.15, 0.2) is 5.78 Å². The number of ketones is 1. The van der Waals surface area contributed by atoms with E-state index in [4.69, 9.17) is 9.72 Å². The van der Waals surface area contributed by atoms with Gasteiger partial charge in [-0.15, -0.1) is 17.5 Å². The summed E-state index contributed by atoms with van der Waals surface area (Å²) in [5.74, 6) is 2.47. The average Bonchev–Trinajstić information content (AvgIpc) is 3.01. The molecule has 5 heteroatoms. The van der Waals surface area contributed by atoms with E-state index >= 15 is 0 Å². The number of aromatic nitrogens is 1. The number of aliphatic hydroxyl groups is 1. The second kappa shape index (κ2) is 14.0. The Morgan fingerprint density at radius 1 is 0.957 bits per heavy atom. The number of aryl methyl sites for hydroxylation is 1. The minimum atomic E-state index is 0. The molecule has 0 saturated heterocycles. The molecule has 1 N–H and O–H groups in total. The Morgan fingerprint density at radius 3 is 2.24 bits per heavy atom. The molecule has 1 aliphatic heterocycles. The number of allylic oxidation sites excluding steroid dienone is 2. The molecule has 0 amide bonds. The number of pyridine rings is 1. The molecule has 2 aliphatic rings. The van der Waals surface area contributed by atoms with Crippen LogP contribution in [0.15, 0.2) is 54.4 Å². The maximum atomic E-state index is 11.7. The maximum Gasteiger partial charge on any atom is 0.162 e. The Morgan fingerprint density at radius 2 is 1.59 bits per heavy atom. The van der Waals surface area contributed by atoms with Crippen LogP contribution in [0.25, 0.3) is 32.8 Å². The summed E-state index contributed by atoms with van der Waals surface area (Å²) in [6.45, 7) is 19.7. The minimum absolute atomic E-state index is 0. The van der Waals surface area contributed by atoms with Crippen LogP contribution in [0.4, 0.5) is 0 Å². The van der Waals surface area contributed by atoms with Gasteiger partial charge in [-0.25, -0.2) is 0 Å². The van der Waals surface area contributed by atoms with Crippen LogP contribution in [0.2, 0.25) is 0 Å². The first kappa shape index (κ1) is 35.8. The van der Waals surface area contributed by atoms with Crippen molar-refractivity contribution in [1.29, 1.82) is 0 Å². The summed E-state index contributed by atoms with van der Waals surface area (Å²) in [5.41, 5.74) is 6.12. The summed E-state index contributed by atoms with van der Waals surface area (Å²) < 4.78 is 6.84. The zero-order valence-corrected chi connectivity index (χ0v) is 31.5. The van der Waals surface area contributed by atoms with E-state index in [0.29, 0.717) is 0 Å². The van der Waals surface area contributed by atoms with Crippen LogP contribution in [-0.4, -0.2) is 15.9 Å². The van der Waals surface area contributed by atoms with Gasteiger partial charge in [-0.2, -0.15) is 0 Å². The van der Waals surface area contributed by atoms with Crippen molar-refractivity contribution in [2.24, 2.45) is 11.8 Å². The zero-order valence-electron chi connectivity index (χ0n) is 29.1. The van der Waals surface area contributed by atoms with Crippen molar-refractivity contribution in [3.8, 4) is 22.8 Å². The minimum Gasteiger partial charge on any atom is -0.512 e. The van der Waals surface area contributed by atoms with Crippen LogP contribution in [0.3, 0.4) is 0 Å². The second-order valence-electron chi connectivity index (χ2n) is 14.3. The van der Waals surface area contributed by atoms with Crippen LogP contribution in [0.5, 0.6) is 11.5 Å². The number of hydrogen-bond acceptors (Lipinski definition) is 4. The molecule has 2 heterocycles. The van der Waals surface area contributed by atoms with Crippen LogP contribution in [0, 0.1) is 24.8 Å².